The molecular weight excluding hydrogens is 317 g/mol. The second-order valence-corrected chi connectivity index (χ2v) is 5.18. The van der Waals surface area contributed by atoms with Gasteiger partial charge >= 0.3 is 12.1 Å². The van der Waals surface area contributed by atoms with Crippen molar-refractivity contribution in [2.75, 3.05) is 7.11 Å². The molecule has 0 aromatic heterocycles. The smallest absolute Gasteiger partial charge is 0.404 e. The number of ether oxygens (including phenoxy) is 2. The summed E-state index contributed by atoms with van der Waals surface area (Å²) in [4.78, 5) is 23.8. The van der Waals surface area contributed by atoms with Crippen molar-refractivity contribution < 1.29 is 32.2 Å². The van der Waals surface area contributed by atoms with Crippen molar-refractivity contribution in [3.05, 3.63) is 22.8 Å². The lowest BCUT2D eigenvalue weighted by Crippen LogP contribution is -2.49. The number of alkyl halides is 3. The van der Waals surface area contributed by atoms with Crippen molar-refractivity contribution in [2.45, 2.75) is 31.9 Å². The van der Waals surface area contributed by atoms with Crippen LogP contribution in [0.15, 0.2) is 22.8 Å². The van der Waals surface area contributed by atoms with E-state index in [0.717, 1.165) is 7.11 Å². The number of allylic oxidation sites excluding steroid dienone is 3. The third kappa shape index (κ3) is 2.44. The highest BCUT2D eigenvalue weighted by Gasteiger charge is 2.66. The predicted octanol–water partition coefficient (Wildman–Crippen LogP) is 1.83. The SMILES string of the molecule is COC(=O)C[C@@]1(C(F)(F)F)C(C#N)=C(N)OC2=C1C(=O)CCC2. The molecule has 0 unspecified atom stereocenters. The van der Waals surface area contributed by atoms with E-state index in [1.807, 2.05) is 0 Å². The van der Waals surface area contributed by atoms with Crippen molar-refractivity contribution in [3.8, 4) is 6.07 Å². The minimum Gasteiger partial charge on any atom is -0.469 e. The average Bonchev–Trinajstić information content (AvgIpc) is 2.45. The summed E-state index contributed by atoms with van der Waals surface area (Å²) in [6.07, 6.45) is -6.10. The summed E-state index contributed by atoms with van der Waals surface area (Å²) in [6.45, 7) is 0. The van der Waals surface area contributed by atoms with E-state index in [4.69, 9.17) is 15.7 Å². The Morgan fingerprint density at radius 3 is 2.65 bits per heavy atom. The molecule has 0 bridgehead atoms. The molecule has 0 fully saturated rings. The van der Waals surface area contributed by atoms with E-state index in [0.29, 0.717) is 6.42 Å². The third-order valence-corrected chi connectivity index (χ3v) is 3.93. The zero-order valence-corrected chi connectivity index (χ0v) is 12.1. The lowest BCUT2D eigenvalue weighted by atomic mass is 9.66. The summed E-state index contributed by atoms with van der Waals surface area (Å²) in [5.41, 5.74) is 0.623. The number of halogens is 3. The fraction of sp³-hybridized carbons (Fsp3) is 0.500. The summed E-state index contributed by atoms with van der Waals surface area (Å²) < 4.78 is 51.3. The number of carbonyl (C=O) groups is 2. The van der Waals surface area contributed by atoms with Crippen LogP contribution in [-0.2, 0) is 19.1 Å². The van der Waals surface area contributed by atoms with Crippen LogP contribution >= 0.6 is 0 Å². The normalized spacial score (nSPS) is 24.7. The molecule has 23 heavy (non-hydrogen) atoms. The van der Waals surface area contributed by atoms with Crippen LogP contribution in [0.2, 0.25) is 0 Å². The van der Waals surface area contributed by atoms with Gasteiger partial charge in [-0.25, -0.2) is 0 Å². The first-order valence-corrected chi connectivity index (χ1v) is 6.67. The highest BCUT2D eigenvalue weighted by Crippen LogP contribution is 2.57. The van der Waals surface area contributed by atoms with Gasteiger partial charge in [-0.3, -0.25) is 9.59 Å². The summed E-state index contributed by atoms with van der Waals surface area (Å²) in [6, 6.07) is 1.35. The molecular formula is C14H13F3N2O4. The van der Waals surface area contributed by atoms with Crippen LogP contribution in [-0.4, -0.2) is 25.0 Å². The number of nitrogens with two attached hydrogens (primary N) is 1. The van der Waals surface area contributed by atoms with E-state index in [1.54, 1.807) is 0 Å². The van der Waals surface area contributed by atoms with Gasteiger partial charge in [0.2, 0.25) is 5.88 Å². The molecule has 1 aliphatic heterocycles. The number of nitriles is 1. The van der Waals surface area contributed by atoms with Gasteiger partial charge in [-0.15, -0.1) is 0 Å². The Morgan fingerprint density at radius 2 is 2.13 bits per heavy atom. The van der Waals surface area contributed by atoms with Crippen LogP contribution in [0.5, 0.6) is 0 Å². The molecule has 0 aromatic rings. The number of hydrogen-bond donors (Lipinski definition) is 1. The van der Waals surface area contributed by atoms with Crippen LogP contribution < -0.4 is 5.73 Å². The minimum atomic E-state index is -5.10. The molecule has 1 atom stereocenters. The second kappa shape index (κ2) is 5.61. The lowest BCUT2D eigenvalue weighted by Gasteiger charge is -2.41. The zero-order chi connectivity index (χ0) is 17.4. The van der Waals surface area contributed by atoms with Crippen LogP contribution in [0.4, 0.5) is 13.2 Å². The standard InChI is InChI=1S/C14H13F3N2O4/c1-22-10(21)5-13(14(15,16)17)7(6-18)12(19)23-9-4-2-3-8(20)11(9)13/h2-5,19H2,1H3/t13-/m1/s1. The van der Waals surface area contributed by atoms with Crippen LogP contribution in [0.25, 0.3) is 0 Å². The Balaban J connectivity index is 2.81. The summed E-state index contributed by atoms with van der Waals surface area (Å²) in [5.74, 6) is -3.01. The van der Waals surface area contributed by atoms with Gasteiger partial charge in [0.1, 0.15) is 22.8 Å². The molecule has 9 heteroatoms. The Hall–Kier alpha value is -2.50. The molecule has 0 aromatic carbocycles. The highest BCUT2D eigenvalue weighted by molar-refractivity contribution is 6.00. The number of esters is 1. The van der Waals surface area contributed by atoms with Crippen LogP contribution in [0, 0.1) is 16.7 Å². The van der Waals surface area contributed by atoms with Gasteiger partial charge in [0, 0.05) is 12.8 Å². The summed E-state index contributed by atoms with van der Waals surface area (Å²) >= 11 is 0. The summed E-state index contributed by atoms with van der Waals surface area (Å²) in [7, 11) is 0.919. The zero-order valence-electron chi connectivity index (χ0n) is 12.1. The number of methoxy groups -OCH3 is 1. The number of rotatable bonds is 2. The fourth-order valence-corrected chi connectivity index (χ4v) is 2.91. The molecule has 0 saturated carbocycles. The largest absolute Gasteiger partial charge is 0.469 e. The topological polar surface area (TPSA) is 102 Å². The number of nitrogens with zero attached hydrogens (tertiary/aromatic N) is 1. The van der Waals surface area contributed by atoms with E-state index in [-0.39, 0.29) is 18.6 Å². The minimum absolute atomic E-state index is 0.0689. The monoisotopic (exact) mass is 330 g/mol. The molecule has 2 N–H and O–H groups in total. The van der Waals surface area contributed by atoms with Gasteiger partial charge in [-0.1, -0.05) is 0 Å². The van der Waals surface area contributed by atoms with Gasteiger partial charge in [0.25, 0.3) is 0 Å². The van der Waals surface area contributed by atoms with Crippen molar-refractivity contribution in [2.24, 2.45) is 11.1 Å². The van der Waals surface area contributed by atoms with E-state index in [1.165, 1.54) is 6.07 Å². The van der Waals surface area contributed by atoms with Crippen molar-refractivity contribution in [1.82, 2.24) is 0 Å². The maximum Gasteiger partial charge on any atom is 0.404 e. The number of ketones is 1. The van der Waals surface area contributed by atoms with Crippen molar-refractivity contribution in [1.29, 1.82) is 5.26 Å². The molecule has 0 amide bonds. The first kappa shape index (κ1) is 16.9. The average molecular weight is 330 g/mol. The first-order chi connectivity index (χ1) is 10.7. The molecule has 0 spiro atoms. The van der Waals surface area contributed by atoms with E-state index in [9.17, 15) is 22.8 Å². The Labute approximate surface area is 129 Å². The lowest BCUT2D eigenvalue weighted by molar-refractivity contribution is -0.206. The van der Waals surface area contributed by atoms with E-state index < -0.39 is 46.8 Å². The number of Topliss-reactive ketones (excluding diaryl/α,β-unsaturated/α-hetero) is 1. The molecule has 2 aliphatic rings. The van der Waals surface area contributed by atoms with E-state index >= 15 is 0 Å². The molecule has 6 nitrogen and oxygen atoms in total. The van der Waals surface area contributed by atoms with Gasteiger partial charge < -0.3 is 15.2 Å². The van der Waals surface area contributed by atoms with Crippen LogP contribution in [0.1, 0.15) is 25.7 Å². The molecule has 1 heterocycles. The van der Waals surface area contributed by atoms with Gasteiger partial charge in [0.05, 0.1) is 19.1 Å². The van der Waals surface area contributed by atoms with Gasteiger partial charge in [-0.2, -0.15) is 18.4 Å². The maximum absolute atomic E-state index is 14.0. The summed E-state index contributed by atoms with van der Waals surface area (Å²) in [5, 5.41) is 9.17. The third-order valence-electron chi connectivity index (χ3n) is 3.93. The molecule has 1 aliphatic carbocycles. The number of carbonyl (C=O) groups excluding carboxylic acids is 2. The Morgan fingerprint density at radius 1 is 1.48 bits per heavy atom. The Bertz CT molecular complexity index is 672. The highest BCUT2D eigenvalue weighted by atomic mass is 19.4. The molecule has 0 saturated heterocycles. The van der Waals surface area contributed by atoms with E-state index in [2.05, 4.69) is 4.74 Å². The number of hydrogen-bond acceptors (Lipinski definition) is 6. The van der Waals surface area contributed by atoms with Gasteiger partial charge in [-0.05, 0) is 6.42 Å². The van der Waals surface area contributed by atoms with Crippen molar-refractivity contribution in [3.63, 3.8) is 0 Å². The maximum atomic E-state index is 14.0. The molecule has 124 valence electrons. The van der Waals surface area contributed by atoms with Crippen molar-refractivity contribution >= 4 is 11.8 Å². The quantitative estimate of drug-likeness (QED) is 0.775. The Kier molecular flexibility index (Phi) is 4.11. The fourth-order valence-electron chi connectivity index (χ4n) is 2.91. The second-order valence-electron chi connectivity index (χ2n) is 5.18. The predicted molar refractivity (Wildman–Crippen MR) is 68.9 cm³/mol. The van der Waals surface area contributed by atoms with Crippen LogP contribution in [0.3, 0.4) is 0 Å². The molecule has 2 rings (SSSR count). The molecule has 0 radical (unpaired) electrons. The van der Waals surface area contributed by atoms with Gasteiger partial charge in [0.15, 0.2) is 5.78 Å². The first-order valence-electron chi connectivity index (χ1n) is 6.67.